The van der Waals surface area contributed by atoms with Gasteiger partial charge in [-0.25, -0.2) is 13.4 Å². The monoisotopic (exact) mass is 642 g/mol. The van der Waals surface area contributed by atoms with Gasteiger partial charge in [0.25, 0.3) is 0 Å². The van der Waals surface area contributed by atoms with Crippen molar-refractivity contribution in [2.75, 3.05) is 79.5 Å². The second kappa shape index (κ2) is 14.2. The number of benzene rings is 2. The van der Waals surface area contributed by atoms with Crippen molar-refractivity contribution in [2.24, 2.45) is 17.6 Å². The first-order chi connectivity index (χ1) is 21.1. The van der Waals surface area contributed by atoms with Crippen molar-refractivity contribution in [1.29, 1.82) is 0 Å². The molecule has 3 heterocycles. The van der Waals surface area contributed by atoms with Crippen molar-refractivity contribution >= 4 is 56.1 Å². The number of anilines is 6. The predicted molar refractivity (Wildman–Crippen MR) is 179 cm³/mol. The van der Waals surface area contributed by atoms with E-state index in [0.29, 0.717) is 34.8 Å². The number of halogens is 1. The van der Waals surface area contributed by atoms with Crippen LogP contribution in [-0.2, 0) is 10.0 Å². The molecule has 0 amide bonds. The molecule has 2 aliphatic rings. The molecule has 0 spiro atoms. The molecule has 238 valence electrons. The minimum Gasteiger partial charge on any atom is -0.494 e. The average Bonchev–Trinajstić information content (AvgIpc) is 3.03. The van der Waals surface area contributed by atoms with Crippen LogP contribution in [0.3, 0.4) is 0 Å². The standard InChI is InChI=1S/C31H43ClN8O3S/c1-38(44(3,41)42)28-7-5-4-6-26(28)35-30-25(32)20-34-31(37-30)36-27-9-8-24(18-29(27)43-2)40-16-12-23(13-17-40)21-39-14-10-22(19-33)11-15-39/h4-9,18,20,22-23H,10-17,19,21,33H2,1-3H3,(H2,34,35,36,37). The highest BCUT2D eigenvalue weighted by Crippen LogP contribution is 2.35. The maximum Gasteiger partial charge on any atom is 0.232 e. The van der Waals surface area contributed by atoms with Crippen molar-refractivity contribution < 1.29 is 13.2 Å². The molecule has 0 bridgehead atoms. The largest absolute Gasteiger partial charge is 0.494 e. The number of aromatic nitrogens is 2. The van der Waals surface area contributed by atoms with E-state index in [0.717, 1.165) is 43.2 Å². The Bertz CT molecular complexity index is 1530. The van der Waals surface area contributed by atoms with Crippen molar-refractivity contribution in [3.63, 3.8) is 0 Å². The summed E-state index contributed by atoms with van der Waals surface area (Å²) in [5, 5.41) is 6.69. The number of nitrogens with two attached hydrogens (primary N) is 1. The van der Waals surface area contributed by atoms with Gasteiger partial charge in [-0.05, 0) is 81.4 Å². The first-order valence-corrected chi connectivity index (χ1v) is 17.3. The molecular weight excluding hydrogens is 600 g/mol. The Balaban J connectivity index is 1.23. The molecule has 2 fully saturated rings. The van der Waals surface area contributed by atoms with E-state index in [4.69, 9.17) is 22.1 Å². The number of nitrogens with zero attached hydrogens (tertiary/aromatic N) is 5. The summed E-state index contributed by atoms with van der Waals surface area (Å²) >= 11 is 6.43. The molecule has 13 heteroatoms. The van der Waals surface area contributed by atoms with Gasteiger partial charge in [0.05, 0.1) is 36.6 Å². The van der Waals surface area contributed by atoms with Gasteiger partial charge in [-0.1, -0.05) is 23.7 Å². The molecule has 2 saturated heterocycles. The third kappa shape index (κ3) is 7.84. The molecule has 5 rings (SSSR count). The summed E-state index contributed by atoms with van der Waals surface area (Å²) < 4.78 is 31.3. The third-order valence-electron chi connectivity index (χ3n) is 8.71. The number of methoxy groups -OCH3 is 1. The number of hydrogen-bond donors (Lipinski definition) is 3. The molecule has 2 aromatic carbocycles. The number of para-hydroxylation sites is 2. The Kier molecular flexibility index (Phi) is 10.3. The molecule has 2 aliphatic heterocycles. The van der Waals surface area contributed by atoms with Crippen molar-refractivity contribution in [3.8, 4) is 5.75 Å². The Morgan fingerprint density at radius 2 is 1.73 bits per heavy atom. The van der Waals surface area contributed by atoms with Crippen molar-refractivity contribution in [1.82, 2.24) is 14.9 Å². The molecule has 1 aromatic heterocycles. The summed E-state index contributed by atoms with van der Waals surface area (Å²) in [5.41, 5.74) is 8.71. The second-order valence-corrected chi connectivity index (χ2v) is 14.1. The third-order valence-corrected chi connectivity index (χ3v) is 10.2. The average molecular weight is 643 g/mol. The number of nitrogens with one attached hydrogen (secondary N) is 2. The van der Waals surface area contributed by atoms with Crippen LogP contribution in [0.5, 0.6) is 5.75 Å². The van der Waals surface area contributed by atoms with Crippen LogP contribution in [-0.4, -0.2) is 83.0 Å². The maximum atomic E-state index is 12.2. The van der Waals surface area contributed by atoms with Crippen LogP contribution >= 0.6 is 11.6 Å². The fourth-order valence-corrected chi connectivity index (χ4v) is 6.57. The van der Waals surface area contributed by atoms with Crippen LogP contribution in [0.1, 0.15) is 25.7 Å². The summed E-state index contributed by atoms with van der Waals surface area (Å²) in [4.78, 5) is 14.0. The number of piperidine rings is 2. The van der Waals surface area contributed by atoms with E-state index in [-0.39, 0.29) is 5.02 Å². The van der Waals surface area contributed by atoms with Crippen molar-refractivity contribution in [2.45, 2.75) is 25.7 Å². The quantitative estimate of drug-likeness (QED) is 0.265. The molecule has 0 unspecified atom stereocenters. The van der Waals surface area contributed by atoms with Crippen LogP contribution in [0.25, 0.3) is 0 Å². The summed E-state index contributed by atoms with van der Waals surface area (Å²) in [6.45, 7) is 6.40. The first kappa shape index (κ1) is 32.1. The molecule has 0 saturated carbocycles. The molecule has 0 radical (unpaired) electrons. The summed E-state index contributed by atoms with van der Waals surface area (Å²) in [7, 11) is -0.324. The number of hydrogen-bond acceptors (Lipinski definition) is 10. The number of rotatable bonds is 11. The van der Waals surface area contributed by atoms with E-state index >= 15 is 0 Å². The van der Waals surface area contributed by atoms with Crippen LogP contribution in [0, 0.1) is 11.8 Å². The lowest BCUT2D eigenvalue weighted by Gasteiger charge is -2.38. The molecule has 0 aliphatic carbocycles. The highest BCUT2D eigenvalue weighted by atomic mass is 35.5. The Morgan fingerprint density at radius 3 is 2.41 bits per heavy atom. The maximum absolute atomic E-state index is 12.2. The lowest BCUT2D eigenvalue weighted by Crippen LogP contribution is -2.42. The fraction of sp³-hybridized carbons (Fsp3) is 0.484. The summed E-state index contributed by atoms with van der Waals surface area (Å²) in [5.74, 6) is 2.76. The number of ether oxygens (including phenoxy) is 1. The number of likely N-dealkylation sites (tertiary alicyclic amines) is 1. The highest BCUT2D eigenvalue weighted by molar-refractivity contribution is 7.92. The molecule has 44 heavy (non-hydrogen) atoms. The SMILES string of the molecule is COc1cc(N2CCC(CN3CCC(CN)CC3)CC2)ccc1Nc1ncc(Cl)c(Nc2ccccc2N(C)S(C)(=O)=O)n1. The summed E-state index contributed by atoms with van der Waals surface area (Å²) in [6.07, 6.45) is 7.45. The molecule has 4 N–H and O–H groups in total. The van der Waals surface area contributed by atoms with E-state index < -0.39 is 10.0 Å². The van der Waals surface area contributed by atoms with Gasteiger partial charge in [0, 0.05) is 38.4 Å². The topological polar surface area (TPSA) is 129 Å². The lowest BCUT2D eigenvalue weighted by molar-refractivity contribution is 0.153. The molecule has 11 nitrogen and oxygen atoms in total. The number of sulfonamides is 1. The van der Waals surface area contributed by atoms with Gasteiger partial charge >= 0.3 is 0 Å². The van der Waals surface area contributed by atoms with Crippen LogP contribution in [0.15, 0.2) is 48.7 Å². The van der Waals surface area contributed by atoms with E-state index in [1.807, 2.05) is 12.1 Å². The normalized spacial score (nSPS) is 17.0. The Hall–Kier alpha value is -3.32. The lowest BCUT2D eigenvalue weighted by atomic mass is 9.92. The smallest absolute Gasteiger partial charge is 0.232 e. The molecule has 0 atom stereocenters. The van der Waals surface area contributed by atoms with Crippen LogP contribution in [0.4, 0.5) is 34.5 Å². The van der Waals surface area contributed by atoms with Gasteiger partial charge < -0.3 is 30.9 Å². The van der Waals surface area contributed by atoms with Crippen LogP contribution in [0.2, 0.25) is 5.02 Å². The van der Waals surface area contributed by atoms with Gasteiger partial charge in [-0.2, -0.15) is 4.98 Å². The fourth-order valence-electron chi connectivity index (χ4n) is 5.92. The zero-order chi connectivity index (χ0) is 31.3. The van der Waals surface area contributed by atoms with Gasteiger partial charge in [0.15, 0.2) is 5.82 Å². The predicted octanol–water partition coefficient (Wildman–Crippen LogP) is 4.91. The zero-order valence-electron chi connectivity index (χ0n) is 25.7. The molecular formula is C31H43ClN8O3S. The van der Waals surface area contributed by atoms with Gasteiger partial charge in [-0.15, -0.1) is 0 Å². The minimum absolute atomic E-state index is 0.290. The van der Waals surface area contributed by atoms with Gasteiger partial charge in [0.2, 0.25) is 16.0 Å². The zero-order valence-corrected chi connectivity index (χ0v) is 27.2. The van der Waals surface area contributed by atoms with Gasteiger partial charge in [0.1, 0.15) is 10.8 Å². The van der Waals surface area contributed by atoms with E-state index in [1.54, 1.807) is 31.4 Å². The minimum atomic E-state index is -3.47. The van der Waals surface area contributed by atoms with E-state index in [2.05, 4.69) is 36.5 Å². The highest BCUT2D eigenvalue weighted by Gasteiger charge is 2.25. The Labute approximate surface area is 265 Å². The van der Waals surface area contributed by atoms with Gasteiger partial charge in [-0.3, -0.25) is 4.31 Å². The van der Waals surface area contributed by atoms with E-state index in [1.165, 1.54) is 62.9 Å². The van der Waals surface area contributed by atoms with Crippen molar-refractivity contribution in [3.05, 3.63) is 53.7 Å². The molecule has 3 aromatic rings. The van der Waals surface area contributed by atoms with E-state index in [9.17, 15) is 8.42 Å². The Morgan fingerprint density at radius 1 is 1.02 bits per heavy atom. The second-order valence-electron chi connectivity index (χ2n) is 11.7. The first-order valence-electron chi connectivity index (χ1n) is 15.1. The summed E-state index contributed by atoms with van der Waals surface area (Å²) in [6, 6.07) is 13.2. The van der Waals surface area contributed by atoms with Crippen LogP contribution < -0.4 is 30.3 Å².